The fraction of sp³-hybridized carbons (Fsp3) is 0.650. The molecule has 2 fully saturated rings. The van der Waals surface area contributed by atoms with Gasteiger partial charge >= 0.3 is 0 Å². The van der Waals surface area contributed by atoms with Gasteiger partial charge in [-0.2, -0.15) is 0 Å². The molecule has 160 valence electrons. The predicted molar refractivity (Wildman–Crippen MR) is 111 cm³/mol. The summed E-state index contributed by atoms with van der Waals surface area (Å²) in [5.41, 5.74) is -0.00359. The van der Waals surface area contributed by atoms with Gasteiger partial charge < -0.3 is 20.7 Å². The van der Waals surface area contributed by atoms with Crippen LogP contribution in [0.1, 0.15) is 41.8 Å². The summed E-state index contributed by atoms with van der Waals surface area (Å²) in [7, 11) is 0. The second-order valence-corrected chi connectivity index (χ2v) is 8.55. The van der Waals surface area contributed by atoms with Crippen molar-refractivity contribution in [1.82, 2.24) is 20.9 Å². The molecule has 3 N–H and O–H groups in total. The fourth-order valence-electron chi connectivity index (χ4n) is 4.07. The van der Waals surface area contributed by atoms with E-state index in [-0.39, 0.29) is 36.3 Å². The normalized spacial score (nSPS) is 19.3. The maximum atomic E-state index is 12.3. The number of nitrogens with one attached hydrogen (secondary N) is 3. The van der Waals surface area contributed by atoms with Gasteiger partial charge in [0.15, 0.2) is 0 Å². The molecule has 1 aromatic heterocycles. The maximum absolute atomic E-state index is 12.3. The summed E-state index contributed by atoms with van der Waals surface area (Å²) in [5, 5.41) is 9.93. The Hall–Kier alpha value is -1.97. The Balaban J connectivity index is 1.39. The molecule has 2 heterocycles. The Morgan fingerprint density at radius 1 is 1.00 bits per heavy atom. The van der Waals surface area contributed by atoms with Crippen LogP contribution in [0.25, 0.3) is 0 Å². The second kappa shape index (κ2) is 10.7. The standard InChI is InChI=1S/C20H30N4O4S/c25-17(14-22-19(27)16-5-4-12-29-16)21-13-18(26)23-15-20(6-2-1-3-7-20)24-8-10-28-11-9-24/h4-5,12H,1-3,6-11,13-15H2,(H,21,25)(H,22,27)(H,23,26). The monoisotopic (exact) mass is 422 g/mol. The number of thiophene rings is 1. The van der Waals surface area contributed by atoms with E-state index in [1.54, 1.807) is 17.5 Å². The zero-order chi connectivity index (χ0) is 20.5. The zero-order valence-corrected chi connectivity index (χ0v) is 17.5. The van der Waals surface area contributed by atoms with E-state index < -0.39 is 0 Å². The average Bonchev–Trinajstić information content (AvgIpc) is 3.31. The molecule has 3 rings (SSSR count). The topological polar surface area (TPSA) is 99.8 Å². The van der Waals surface area contributed by atoms with Crippen molar-refractivity contribution < 1.29 is 19.1 Å². The van der Waals surface area contributed by atoms with Gasteiger partial charge in [0, 0.05) is 25.2 Å². The van der Waals surface area contributed by atoms with Gasteiger partial charge in [0.2, 0.25) is 11.8 Å². The van der Waals surface area contributed by atoms with Crippen molar-refractivity contribution in [3.8, 4) is 0 Å². The summed E-state index contributed by atoms with van der Waals surface area (Å²) in [6.07, 6.45) is 5.75. The molecule has 2 aliphatic rings. The highest BCUT2D eigenvalue weighted by atomic mass is 32.1. The highest BCUT2D eigenvalue weighted by molar-refractivity contribution is 7.12. The van der Waals surface area contributed by atoms with E-state index in [0.29, 0.717) is 11.4 Å². The van der Waals surface area contributed by atoms with E-state index in [1.165, 1.54) is 30.6 Å². The molecular weight excluding hydrogens is 392 g/mol. The summed E-state index contributed by atoms with van der Waals surface area (Å²) in [5.74, 6) is -0.879. The molecule has 3 amide bonds. The van der Waals surface area contributed by atoms with E-state index in [2.05, 4.69) is 20.9 Å². The van der Waals surface area contributed by atoms with Crippen LogP contribution in [0.15, 0.2) is 17.5 Å². The third kappa shape index (κ3) is 6.25. The van der Waals surface area contributed by atoms with Gasteiger partial charge in [0.25, 0.3) is 5.91 Å². The number of hydrogen-bond donors (Lipinski definition) is 3. The number of amides is 3. The molecule has 1 aliphatic carbocycles. The predicted octanol–water partition coefficient (Wildman–Crippen LogP) is 0.745. The van der Waals surface area contributed by atoms with Crippen molar-refractivity contribution in [3.05, 3.63) is 22.4 Å². The van der Waals surface area contributed by atoms with Crippen molar-refractivity contribution in [2.75, 3.05) is 45.9 Å². The van der Waals surface area contributed by atoms with Gasteiger partial charge in [-0.05, 0) is 24.3 Å². The third-order valence-electron chi connectivity index (χ3n) is 5.68. The molecule has 0 radical (unpaired) electrons. The fourth-order valence-corrected chi connectivity index (χ4v) is 4.71. The highest BCUT2D eigenvalue weighted by Gasteiger charge is 2.38. The molecule has 0 unspecified atom stereocenters. The Labute approximate surface area is 175 Å². The van der Waals surface area contributed by atoms with Crippen LogP contribution in [-0.4, -0.2) is 74.1 Å². The van der Waals surface area contributed by atoms with Crippen molar-refractivity contribution in [2.45, 2.75) is 37.6 Å². The maximum Gasteiger partial charge on any atom is 0.261 e. The van der Waals surface area contributed by atoms with E-state index in [4.69, 9.17) is 4.74 Å². The summed E-state index contributed by atoms with van der Waals surface area (Å²) < 4.78 is 5.48. The van der Waals surface area contributed by atoms with Crippen molar-refractivity contribution in [2.24, 2.45) is 0 Å². The summed E-state index contributed by atoms with van der Waals surface area (Å²) in [6, 6.07) is 3.47. The molecule has 9 heteroatoms. The summed E-state index contributed by atoms with van der Waals surface area (Å²) >= 11 is 1.31. The highest BCUT2D eigenvalue weighted by Crippen LogP contribution is 2.33. The van der Waals surface area contributed by atoms with E-state index in [1.807, 2.05) is 0 Å². The van der Waals surface area contributed by atoms with Gasteiger partial charge in [0.05, 0.1) is 31.2 Å². The molecular formula is C20H30N4O4S. The van der Waals surface area contributed by atoms with Crippen LogP contribution in [0.3, 0.4) is 0 Å². The van der Waals surface area contributed by atoms with E-state index >= 15 is 0 Å². The molecule has 0 aromatic carbocycles. The summed E-state index contributed by atoms with van der Waals surface area (Å²) in [4.78, 5) is 39.1. The molecule has 0 atom stereocenters. The first-order valence-corrected chi connectivity index (χ1v) is 11.1. The Morgan fingerprint density at radius 3 is 2.38 bits per heavy atom. The Kier molecular flexibility index (Phi) is 8.02. The minimum Gasteiger partial charge on any atom is -0.379 e. The van der Waals surface area contributed by atoms with Crippen LogP contribution in [0.4, 0.5) is 0 Å². The van der Waals surface area contributed by atoms with Crippen LogP contribution in [0.5, 0.6) is 0 Å². The Morgan fingerprint density at radius 2 is 1.69 bits per heavy atom. The number of ether oxygens (including phenoxy) is 1. The summed E-state index contributed by atoms with van der Waals surface area (Å²) in [6.45, 7) is 3.63. The average molecular weight is 423 g/mol. The quantitative estimate of drug-likeness (QED) is 0.574. The largest absolute Gasteiger partial charge is 0.379 e. The molecule has 0 bridgehead atoms. The zero-order valence-electron chi connectivity index (χ0n) is 16.7. The van der Waals surface area contributed by atoms with Gasteiger partial charge in [-0.3, -0.25) is 19.3 Å². The smallest absolute Gasteiger partial charge is 0.261 e. The number of carbonyl (C=O) groups is 3. The van der Waals surface area contributed by atoms with Gasteiger partial charge in [-0.15, -0.1) is 11.3 Å². The van der Waals surface area contributed by atoms with Crippen LogP contribution >= 0.6 is 11.3 Å². The van der Waals surface area contributed by atoms with Gasteiger partial charge in [-0.1, -0.05) is 25.3 Å². The Bertz CT molecular complexity index is 683. The minimum absolute atomic E-state index is 0.00359. The molecule has 29 heavy (non-hydrogen) atoms. The number of carbonyl (C=O) groups excluding carboxylic acids is 3. The first-order valence-electron chi connectivity index (χ1n) is 10.3. The first-order chi connectivity index (χ1) is 14.1. The molecule has 0 spiro atoms. The second-order valence-electron chi connectivity index (χ2n) is 7.60. The van der Waals surface area contributed by atoms with Crippen LogP contribution in [0, 0.1) is 0 Å². The molecule has 1 aliphatic heterocycles. The molecule has 8 nitrogen and oxygen atoms in total. The number of hydrogen-bond acceptors (Lipinski definition) is 6. The third-order valence-corrected chi connectivity index (χ3v) is 6.55. The minimum atomic E-state index is -0.384. The van der Waals surface area contributed by atoms with Crippen molar-refractivity contribution in [1.29, 1.82) is 0 Å². The van der Waals surface area contributed by atoms with E-state index in [0.717, 1.165) is 39.1 Å². The first kappa shape index (κ1) is 21.7. The lowest BCUT2D eigenvalue weighted by Crippen LogP contribution is -2.60. The number of morpholine rings is 1. The lowest BCUT2D eigenvalue weighted by Gasteiger charge is -2.48. The van der Waals surface area contributed by atoms with Crippen molar-refractivity contribution >= 4 is 29.1 Å². The van der Waals surface area contributed by atoms with Gasteiger partial charge in [0.1, 0.15) is 0 Å². The lowest BCUT2D eigenvalue weighted by molar-refractivity contribution is -0.126. The van der Waals surface area contributed by atoms with Crippen LogP contribution < -0.4 is 16.0 Å². The molecule has 1 saturated heterocycles. The SMILES string of the molecule is O=C(CNC(=O)CNC(=O)c1cccs1)NCC1(N2CCOCC2)CCCCC1. The number of rotatable bonds is 8. The molecule has 1 aromatic rings. The number of nitrogens with zero attached hydrogens (tertiary/aromatic N) is 1. The van der Waals surface area contributed by atoms with Gasteiger partial charge in [-0.25, -0.2) is 0 Å². The van der Waals surface area contributed by atoms with Crippen LogP contribution in [0.2, 0.25) is 0 Å². The van der Waals surface area contributed by atoms with E-state index in [9.17, 15) is 14.4 Å². The molecule has 1 saturated carbocycles. The van der Waals surface area contributed by atoms with Crippen LogP contribution in [-0.2, 0) is 14.3 Å². The lowest BCUT2D eigenvalue weighted by atomic mass is 9.79. The van der Waals surface area contributed by atoms with Crippen molar-refractivity contribution in [3.63, 3.8) is 0 Å².